The van der Waals surface area contributed by atoms with E-state index in [9.17, 15) is 4.79 Å². The molecule has 7 nitrogen and oxygen atoms in total. The van der Waals surface area contributed by atoms with Crippen molar-refractivity contribution in [3.63, 3.8) is 0 Å². The van der Waals surface area contributed by atoms with E-state index < -0.39 is 0 Å². The molecular formula is C29H32N6O. The number of nitrogens with one attached hydrogen (secondary N) is 1. The summed E-state index contributed by atoms with van der Waals surface area (Å²) in [6.45, 7) is 1.59. The van der Waals surface area contributed by atoms with Gasteiger partial charge in [-0.05, 0) is 67.2 Å². The number of nitrogens with zero attached hydrogens (tertiary/aromatic N) is 5. The molecule has 1 aliphatic carbocycles. The van der Waals surface area contributed by atoms with Crippen LogP contribution in [0.4, 0.5) is 10.6 Å². The first-order chi connectivity index (χ1) is 17.7. The Kier molecular flexibility index (Phi) is 6.05. The third-order valence-electron chi connectivity index (χ3n) is 7.73. The van der Waals surface area contributed by atoms with Crippen molar-refractivity contribution in [3.8, 4) is 0 Å². The van der Waals surface area contributed by atoms with E-state index in [1.807, 2.05) is 54.0 Å². The summed E-state index contributed by atoms with van der Waals surface area (Å²) in [6.07, 6.45) is 18.1. The molecule has 0 aromatic carbocycles. The number of piperidine rings is 1. The smallest absolute Gasteiger partial charge is 0.323 e. The molecule has 0 bridgehead atoms. The fourth-order valence-corrected chi connectivity index (χ4v) is 5.91. The fourth-order valence-electron chi connectivity index (χ4n) is 5.91. The quantitative estimate of drug-likeness (QED) is 0.508. The number of carbonyl (C=O) groups excluding carboxylic acids is 1. The molecule has 2 aliphatic heterocycles. The van der Waals surface area contributed by atoms with Gasteiger partial charge in [0.25, 0.3) is 0 Å². The molecule has 184 valence electrons. The minimum atomic E-state index is -0.104. The zero-order valence-electron chi connectivity index (χ0n) is 20.2. The normalized spacial score (nSPS) is 24.0. The predicted octanol–water partition coefficient (Wildman–Crippen LogP) is 5.45. The second-order valence-electron chi connectivity index (χ2n) is 9.94. The summed E-state index contributed by atoms with van der Waals surface area (Å²) in [6, 6.07) is 14.3. The van der Waals surface area contributed by atoms with Gasteiger partial charge in [-0.15, -0.1) is 0 Å². The van der Waals surface area contributed by atoms with Crippen molar-refractivity contribution in [1.82, 2.24) is 19.9 Å². The maximum atomic E-state index is 12.9. The van der Waals surface area contributed by atoms with E-state index in [0.29, 0.717) is 5.82 Å². The van der Waals surface area contributed by atoms with E-state index in [4.69, 9.17) is 9.98 Å². The first kappa shape index (κ1) is 22.6. The average molecular weight is 481 g/mol. The molecule has 4 unspecified atom stereocenters. The molecule has 36 heavy (non-hydrogen) atoms. The van der Waals surface area contributed by atoms with Crippen LogP contribution in [0.15, 0.2) is 84.4 Å². The molecule has 7 heteroatoms. The summed E-state index contributed by atoms with van der Waals surface area (Å²) in [4.78, 5) is 33.5. The van der Waals surface area contributed by atoms with Gasteiger partial charge in [0.15, 0.2) is 0 Å². The molecule has 3 aromatic heterocycles. The molecule has 1 saturated heterocycles. The van der Waals surface area contributed by atoms with Crippen LogP contribution in [-0.4, -0.2) is 51.2 Å². The number of fused-ring (bicyclic) bond motifs is 1. The highest BCUT2D eigenvalue weighted by Crippen LogP contribution is 2.64. The minimum absolute atomic E-state index is 0. The largest absolute Gasteiger partial charge is 0.325 e. The fraction of sp³-hybridized carbons (Fsp3) is 0.345. The van der Waals surface area contributed by atoms with Crippen LogP contribution in [-0.2, 0) is 0 Å². The Balaban J connectivity index is 0.00000280. The van der Waals surface area contributed by atoms with Crippen molar-refractivity contribution in [2.45, 2.75) is 43.6 Å². The molecule has 4 atom stereocenters. The predicted molar refractivity (Wildman–Crippen MR) is 142 cm³/mol. The van der Waals surface area contributed by atoms with Crippen molar-refractivity contribution in [1.29, 1.82) is 0 Å². The van der Waals surface area contributed by atoms with E-state index in [1.165, 1.54) is 6.42 Å². The highest BCUT2D eigenvalue weighted by molar-refractivity contribution is 5.88. The molecule has 0 radical (unpaired) electrons. The highest BCUT2D eigenvalue weighted by Gasteiger charge is 2.60. The Labute approximate surface area is 212 Å². The first-order valence-electron chi connectivity index (χ1n) is 12.8. The van der Waals surface area contributed by atoms with Crippen LogP contribution in [0, 0.1) is 5.41 Å². The lowest BCUT2D eigenvalue weighted by Crippen LogP contribution is -2.38. The number of dihydropyridines is 1. The molecule has 2 amide bonds. The zero-order chi connectivity index (χ0) is 24.4. The van der Waals surface area contributed by atoms with Gasteiger partial charge in [0.2, 0.25) is 0 Å². The number of likely N-dealkylation sites (tertiary alicyclic amines) is 1. The van der Waals surface area contributed by atoms with Gasteiger partial charge in [0.1, 0.15) is 5.82 Å². The highest BCUT2D eigenvalue weighted by atomic mass is 16.2. The van der Waals surface area contributed by atoms with E-state index in [-0.39, 0.29) is 30.8 Å². The molecule has 6 rings (SSSR count). The Morgan fingerprint density at radius 3 is 2.50 bits per heavy atom. The summed E-state index contributed by atoms with van der Waals surface area (Å²) in [5.41, 5.74) is 3.03. The average Bonchev–Trinajstić information content (AvgIpc) is 3.69. The standard InChI is InChI=1S/C29H30N6O.H2/c36-28(35-16-2-1-3-17-35)34-25-11-4-10-23(33-25)26(21-8-5-13-30-19-21)27(22-9-6-14-31-20-22)29-12-7-15-32-24(29)18-29;/h4-15,19-20,24,26-27H,1-3,16-18H2,(H,33,34,36);1H. The monoisotopic (exact) mass is 480 g/mol. The van der Waals surface area contributed by atoms with Gasteiger partial charge in [-0.2, -0.15) is 0 Å². The number of pyridine rings is 3. The van der Waals surface area contributed by atoms with Crippen LogP contribution in [0.25, 0.3) is 0 Å². The molecular weight excluding hydrogens is 448 g/mol. The van der Waals surface area contributed by atoms with Crippen molar-refractivity contribution in [3.05, 3.63) is 96.2 Å². The third kappa shape index (κ3) is 4.30. The summed E-state index contributed by atoms with van der Waals surface area (Å²) < 4.78 is 0. The van der Waals surface area contributed by atoms with Crippen molar-refractivity contribution < 1.29 is 6.22 Å². The van der Waals surface area contributed by atoms with E-state index >= 15 is 0 Å². The number of urea groups is 1. The van der Waals surface area contributed by atoms with Crippen LogP contribution in [0.5, 0.6) is 0 Å². The second-order valence-corrected chi connectivity index (χ2v) is 9.94. The maximum Gasteiger partial charge on any atom is 0.323 e. The van der Waals surface area contributed by atoms with Crippen LogP contribution in [0.1, 0.15) is 55.8 Å². The summed E-state index contributed by atoms with van der Waals surface area (Å²) >= 11 is 0. The zero-order valence-corrected chi connectivity index (χ0v) is 20.2. The van der Waals surface area contributed by atoms with E-state index in [0.717, 1.165) is 49.2 Å². The molecule has 3 aliphatic rings. The van der Waals surface area contributed by atoms with Crippen LogP contribution >= 0.6 is 0 Å². The number of hydrogen-bond acceptors (Lipinski definition) is 5. The SMILES string of the molecule is O=C(Nc1cccc(C(c2cccnc2)C(c2cccnc2)C23C=CC=NC2C3)n1)N1CCCCC1.[HH]. The Morgan fingerprint density at radius 2 is 1.78 bits per heavy atom. The van der Waals surface area contributed by atoms with Crippen LogP contribution < -0.4 is 5.32 Å². The molecule has 1 N–H and O–H groups in total. The molecule has 1 saturated carbocycles. The van der Waals surface area contributed by atoms with Gasteiger partial charge in [0, 0.05) is 62.8 Å². The van der Waals surface area contributed by atoms with Gasteiger partial charge in [-0.3, -0.25) is 20.3 Å². The lowest BCUT2D eigenvalue weighted by Gasteiger charge is -2.34. The summed E-state index contributed by atoms with van der Waals surface area (Å²) in [5, 5.41) is 3.05. The van der Waals surface area contributed by atoms with Gasteiger partial charge in [0.05, 0.1) is 11.7 Å². The lowest BCUT2D eigenvalue weighted by atomic mass is 9.70. The Hall–Kier alpha value is -3.87. The third-order valence-corrected chi connectivity index (χ3v) is 7.73. The van der Waals surface area contributed by atoms with Crippen LogP contribution in [0.3, 0.4) is 0 Å². The number of aliphatic imine (C=N–C) groups is 1. The number of hydrogen-bond donors (Lipinski definition) is 1. The minimum Gasteiger partial charge on any atom is -0.325 e. The van der Waals surface area contributed by atoms with Crippen LogP contribution in [0.2, 0.25) is 0 Å². The number of aromatic nitrogens is 3. The molecule has 5 heterocycles. The first-order valence-corrected chi connectivity index (χ1v) is 12.8. The van der Waals surface area contributed by atoms with Gasteiger partial charge in [-0.1, -0.05) is 24.3 Å². The molecule has 2 fully saturated rings. The van der Waals surface area contributed by atoms with E-state index in [1.54, 1.807) is 6.20 Å². The lowest BCUT2D eigenvalue weighted by molar-refractivity contribution is 0.200. The maximum absolute atomic E-state index is 12.9. The van der Waals surface area contributed by atoms with E-state index in [2.05, 4.69) is 45.6 Å². The summed E-state index contributed by atoms with van der Waals surface area (Å²) in [5.74, 6) is 0.552. The number of allylic oxidation sites excluding steroid dienone is 1. The summed E-state index contributed by atoms with van der Waals surface area (Å²) in [7, 11) is 0. The van der Waals surface area contributed by atoms with Gasteiger partial charge in [-0.25, -0.2) is 9.78 Å². The second kappa shape index (κ2) is 9.64. The van der Waals surface area contributed by atoms with Crippen molar-refractivity contribution >= 4 is 18.1 Å². The number of anilines is 1. The van der Waals surface area contributed by atoms with Gasteiger partial charge >= 0.3 is 6.03 Å². The Morgan fingerprint density at radius 1 is 1.00 bits per heavy atom. The topological polar surface area (TPSA) is 83.4 Å². The Bertz CT molecular complexity index is 1280. The number of rotatable bonds is 6. The number of carbonyl (C=O) groups is 1. The molecule has 3 aromatic rings. The van der Waals surface area contributed by atoms with Crippen molar-refractivity contribution in [2.24, 2.45) is 10.4 Å². The molecule has 0 spiro atoms. The number of amides is 2. The van der Waals surface area contributed by atoms with Gasteiger partial charge < -0.3 is 4.90 Å². The van der Waals surface area contributed by atoms with Crippen molar-refractivity contribution in [2.75, 3.05) is 18.4 Å².